The van der Waals surface area contributed by atoms with Crippen LogP contribution in [0.1, 0.15) is 0 Å². The average molecular weight is 608 g/mol. The van der Waals surface area contributed by atoms with Crippen LogP contribution in [0.4, 0.5) is 0 Å². The topological polar surface area (TPSA) is 51.8 Å². The minimum absolute atomic E-state index is 0.622. The fourth-order valence-corrected chi connectivity index (χ4v) is 7.34. The van der Waals surface area contributed by atoms with Gasteiger partial charge < -0.3 is 4.42 Å². The first-order valence-corrected chi connectivity index (χ1v) is 16.0. The predicted octanol–water partition coefficient (Wildman–Crippen LogP) is 11.3. The Kier molecular flexibility index (Phi) is 6.28. The normalized spacial score (nSPS) is 11.5. The van der Waals surface area contributed by atoms with Gasteiger partial charge in [0.2, 0.25) is 0 Å². The smallest absolute Gasteiger partial charge is 0.165 e. The van der Waals surface area contributed by atoms with E-state index in [1.54, 1.807) is 11.3 Å². The van der Waals surface area contributed by atoms with Crippen LogP contribution in [0.3, 0.4) is 0 Å². The van der Waals surface area contributed by atoms with Gasteiger partial charge in [-0.1, -0.05) is 127 Å². The van der Waals surface area contributed by atoms with Gasteiger partial charge in [0.1, 0.15) is 11.3 Å². The third kappa shape index (κ3) is 4.57. The molecule has 9 aromatic rings. The molecule has 5 heteroatoms. The molecule has 3 heterocycles. The highest BCUT2D eigenvalue weighted by molar-refractivity contribution is 7.26. The van der Waals surface area contributed by atoms with Crippen molar-refractivity contribution in [3.63, 3.8) is 0 Å². The summed E-state index contributed by atoms with van der Waals surface area (Å²) in [5.41, 5.74) is 6.93. The molecule has 0 bridgehead atoms. The fraction of sp³-hybridized carbons (Fsp3) is 0. The quantitative estimate of drug-likeness (QED) is 0.195. The third-order valence-corrected chi connectivity index (χ3v) is 9.61. The van der Waals surface area contributed by atoms with Crippen LogP contribution in [-0.4, -0.2) is 15.0 Å². The Morgan fingerprint density at radius 2 is 1.07 bits per heavy atom. The molecular weight excluding hydrogens is 583 g/mol. The Labute approximate surface area is 269 Å². The summed E-state index contributed by atoms with van der Waals surface area (Å²) in [6.45, 7) is 0. The van der Waals surface area contributed by atoms with E-state index in [9.17, 15) is 0 Å². The van der Waals surface area contributed by atoms with Crippen LogP contribution in [0, 0.1) is 0 Å². The van der Waals surface area contributed by atoms with E-state index in [1.807, 2.05) is 30.3 Å². The van der Waals surface area contributed by atoms with Gasteiger partial charge >= 0.3 is 0 Å². The van der Waals surface area contributed by atoms with Crippen molar-refractivity contribution >= 4 is 42.5 Å². The van der Waals surface area contributed by atoms with Crippen molar-refractivity contribution in [2.24, 2.45) is 0 Å². The Hall–Kier alpha value is -5.91. The molecule has 0 saturated heterocycles. The summed E-state index contributed by atoms with van der Waals surface area (Å²) in [7, 11) is 0. The molecule has 0 amide bonds. The number of furan rings is 1. The third-order valence-electron chi connectivity index (χ3n) is 8.39. The highest BCUT2D eigenvalue weighted by Crippen LogP contribution is 2.40. The van der Waals surface area contributed by atoms with Crippen LogP contribution in [0.5, 0.6) is 0 Å². The maximum atomic E-state index is 6.13. The Morgan fingerprint density at radius 1 is 0.435 bits per heavy atom. The molecule has 0 radical (unpaired) electrons. The molecule has 4 nitrogen and oxygen atoms in total. The molecule has 0 atom stereocenters. The van der Waals surface area contributed by atoms with Gasteiger partial charge in [0.15, 0.2) is 17.5 Å². The monoisotopic (exact) mass is 607 g/mol. The van der Waals surface area contributed by atoms with Crippen molar-refractivity contribution in [2.75, 3.05) is 0 Å². The number of rotatable bonds is 5. The van der Waals surface area contributed by atoms with Gasteiger partial charge in [0.25, 0.3) is 0 Å². The Bertz CT molecular complexity index is 2500. The number of fused-ring (bicyclic) bond motifs is 4. The van der Waals surface area contributed by atoms with Crippen LogP contribution in [0.2, 0.25) is 0 Å². The van der Waals surface area contributed by atoms with Gasteiger partial charge in [-0.3, -0.25) is 0 Å². The molecule has 6 aromatic carbocycles. The molecule has 9 rings (SSSR count). The number of para-hydroxylation sites is 1. The van der Waals surface area contributed by atoms with Gasteiger partial charge in [-0.15, -0.1) is 11.3 Å². The molecule has 0 aliphatic rings. The van der Waals surface area contributed by atoms with Gasteiger partial charge in [-0.2, -0.15) is 0 Å². The van der Waals surface area contributed by atoms with Gasteiger partial charge in [0.05, 0.1) is 0 Å². The molecule has 0 spiro atoms. The van der Waals surface area contributed by atoms with E-state index in [-0.39, 0.29) is 0 Å². The summed E-state index contributed by atoms with van der Waals surface area (Å²) >= 11 is 1.78. The summed E-state index contributed by atoms with van der Waals surface area (Å²) in [4.78, 5) is 15.4. The maximum absolute atomic E-state index is 6.13. The second-order valence-corrected chi connectivity index (χ2v) is 12.3. The van der Waals surface area contributed by atoms with Gasteiger partial charge in [0, 0.05) is 47.8 Å². The fourth-order valence-electron chi connectivity index (χ4n) is 6.12. The number of nitrogens with zero attached hydrogens (tertiary/aromatic N) is 3. The minimum Gasteiger partial charge on any atom is -0.456 e. The Morgan fingerprint density at radius 3 is 1.91 bits per heavy atom. The molecular formula is C41H25N3OS. The highest BCUT2D eigenvalue weighted by Gasteiger charge is 2.18. The van der Waals surface area contributed by atoms with Crippen molar-refractivity contribution in [3.8, 4) is 56.6 Å². The van der Waals surface area contributed by atoms with Crippen molar-refractivity contribution in [3.05, 3.63) is 152 Å². The van der Waals surface area contributed by atoms with Crippen LogP contribution in [-0.2, 0) is 0 Å². The zero-order chi connectivity index (χ0) is 30.5. The maximum Gasteiger partial charge on any atom is 0.165 e. The first kappa shape index (κ1) is 26.5. The molecule has 0 N–H and O–H groups in total. The molecule has 3 aromatic heterocycles. The number of hydrogen-bond donors (Lipinski definition) is 0. The largest absolute Gasteiger partial charge is 0.456 e. The number of benzene rings is 6. The van der Waals surface area contributed by atoms with E-state index in [0.717, 1.165) is 50.1 Å². The van der Waals surface area contributed by atoms with Crippen molar-refractivity contribution in [1.82, 2.24) is 15.0 Å². The summed E-state index contributed by atoms with van der Waals surface area (Å²) < 4.78 is 8.55. The molecule has 0 aliphatic carbocycles. The second kappa shape index (κ2) is 10.9. The zero-order valence-electron chi connectivity index (χ0n) is 24.6. The lowest BCUT2D eigenvalue weighted by Gasteiger charge is -2.12. The van der Waals surface area contributed by atoms with Crippen molar-refractivity contribution < 1.29 is 4.42 Å². The summed E-state index contributed by atoms with van der Waals surface area (Å²) in [6, 6.07) is 52.1. The number of hydrogen-bond acceptors (Lipinski definition) is 5. The Balaban J connectivity index is 1.23. The van der Waals surface area contributed by atoms with Crippen LogP contribution in [0.15, 0.2) is 156 Å². The summed E-state index contributed by atoms with van der Waals surface area (Å²) in [5, 5.41) is 3.54. The van der Waals surface area contributed by atoms with E-state index in [4.69, 9.17) is 19.4 Å². The highest BCUT2D eigenvalue weighted by atomic mass is 32.1. The van der Waals surface area contributed by atoms with Gasteiger partial charge in [-0.05, 0) is 35.4 Å². The van der Waals surface area contributed by atoms with E-state index in [2.05, 4.69) is 121 Å². The van der Waals surface area contributed by atoms with Crippen molar-refractivity contribution in [2.45, 2.75) is 0 Å². The lowest BCUT2D eigenvalue weighted by atomic mass is 9.99. The van der Waals surface area contributed by atoms with E-state index in [0.29, 0.717) is 17.5 Å². The summed E-state index contributed by atoms with van der Waals surface area (Å²) in [5.74, 6) is 2.75. The lowest BCUT2D eigenvalue weighted by molar-refractivity contribution is 0.631. The lowest BCUT2D eigenvalue weighted by Crippen LogP contribution is -2.01. The first-order chi connectivity index (χ1) is 22.8. The van der Waals surface area contributed by atoms with E-state index in [1.165, 1.54) is 20.2 Å². The first-order valence-electron chi connectivity index (χ1n) is 15.2. The van der Waals surface area contributed by atoms with E-state index < -0.39 is 0 Å². The van der Waals surface area contributed by atoms with Crippen molar-refractivity contribution in [1.29, 1.82) is 0 Å². The molecule has 0 fully saturated rings. The minimum atomic E-state index is 0.622. The SMILES string of the molecule is c1ccc(-c2ccccc2-c2nc(-c3ccc(-c4cc5ccccc5o4)cc3)nc(-c3cccc4c3sc3ccccc34)n2)cc1. The molecule has 46 heavy (non-hydrogen) atoms. The predicted molar refractivity (Wildman–Crippen MR) is 190 cm³/mol. The zero-order valence-corrected chi connectivity index (χ0v) is 25.4. The van der Waals surface area contributed by atoms with Crippen LogP contribution in [0.25, 0.3) is 87.8 Å². The molecule has 216 valence electrons. The van der Waals surface area contributed by atoms with E-state index >= 15 is 0 Å². The van der Waals surface area contributed by atoms with Gasteiger partial charge in [-0.25, -0.2) is 15.0 Å². The van der Waals surface area contributed by atoms with Crippen LogP contribution >= 0.6 is 11.3 Å². The average Bonchev–Trinajstić information content (AvgIpc) is 3.74. The van der Waals surface area contributed by atoms with Crippen LogP contribution < -0.4 is 0 Å². The molecule has 0 unspecified atom stereocenters. The second-order valence-electron chi connectivity index (χ2n) is 11.2. The number of aromatic nitrogens is 3. The standard InChI is InChI=1S/C41H25N3OS/c1-2-11-26(12-3-1)30-14-5-6-16-33(30)40-42-39(28-23-21-27(22-24-28)36-25-29-13-4-8-19-35(29)45-36)43-41(44-40)34-18-10-17-32-31-15-7-9-20-37(31)46-38(32)34/h1-25H. The summed E-state index contributed by atoms with van der Waals surface area (Å²) in [6.07, 6.45) is 0. The molecule has 0 aliphatic heterocycles. The number of thiophene rings is 1. The molecule has 0 saturated carbocycles.